The van der Waals surface area contributed by atoms with Crippen LogP contribution in [-0.2, 0) is 9.53 Å². The zero-order chi connectivity index (χ0) is 21.5. The number of carbonyl (C=O) groups is 1. The molecule has 5 heteroatoms. The third-order valence-electron chi connectivity index (χ3n) is 5.23. The highest BCUT2D eigenvalue weighted by Gasteiger charge is 2.17. The Morgan fingerprint density at radius 3 is 2.32 bits per heavy atom. The minimum Gasteiger partial charge on any atom is -0.491 e. The van der Waals surface area contributed by atoms with Crippen LogP contribution < -0.4 is 14.8 Å². The van der Waals surface area contributed by atoms with E-state index in [1.165, 1.54) is 0 Å². The molecule has 5 nitrogen and oxygen atoms in total. The number of anilines is 1. The first-order valence-corrected chi connectivity index (χ1v) is 10.6. The second kappa shape index (κ2) is 10.1. The number of amides is 1. The summed E-state index contributed by atoms with van der Waals surface area (Å²) >= 11 is 0. The lowest BCUT2D eigenvalue weighted by Crippen LogP contribution is -2.30. The van der Waals surface area contributed by atoms with Crippen molar-refractivity contribution in [2.75, 3.05) is 18.5 Å². The van der Waals surface area contributed by atoms with E-state index in [0.29, 0.717) is 18.0 Å². The summed E-state index contributed by atoms with van der Waals surface area (Å²) in [6.45, 7) is 3.11. The van der Waals surface area contributed by atoms with Crippen molar-refractivity contribution in [2.24, 2.45) is 0 Å². The lowest BCUT2D eigenvalue weighted by molar-refractivity contribution is -0.122. The highest BCUT2D eigenvalue weighted by molar-refractivity contribution is 5.94. The van der Waals surface area contributed by atoms with Crippen molar-refractivity contribution in [3.8, 4) is 22.6 Å². The summed E-state index contributed by atoms with van der Waals surface area (Å²) in [6.07, 6.45) is 1.69. The molecule has 0 aliphatic carbocycles. The van der Waals surface area contributed by atoms with Gasteiger partial charge in [-0.2, -0.15) is 0 Å². The SMILES string of the molecule is CC(Oc1ccc(-c2ccccc2)cc1)C(=O)Nc1ccc(OCC2CCCO2)cc1. The van der Waals surface area contributed by atoms with Crippen LogP contribution in [0.1, 0.15) is 19.8 Å². The molecule has 3 aromatic carbocycles. The Morgan fingerprint density at radius 2 is 1.65 bits per heavy atom. The second-order valence-electron chi connectivity index (χ2n) is 7.61. The Labute approximate surface area is 183 Å². The third kappa shape index (κ3) is 5.86. The average Bonchev–Trinajstić information content (AvgIpc) is 3.33. The van der Waals surface area contributed by atoms with E-state index in [1.807, 2.05) is 66.7 Å². The zero-order valence-electron chi connectivity index (χ0n) is 17.6. The molecule has 1 aliphatic heterocycles. The fourth-order valence-electron chi connectivity index (χ4n) is 3.46. The van der Waals surface area contributed by atoms with Crippen LogP contribution in [0.4, 0.5) is 5.69 Å². The Hall–Kier alpha value is -3.31. The molecule has 2 atom stereocenters. The molecule has 0 radical (unpaired) electrons. The van der Waals surface area contributed by atoms with E-state index < -0.39 is 6.10 Å². The van der Waals surface area contributed by atoms with Gasteiger partial charge in [-0.3, -0.25) is 4.79 Å². The van der Waals surface area contributed by atoms with E-state index >= 15 is 0 Å². The first-order chi connectivity index (χ1) is 15.2. The summed E-state index contributed by atoms with van der Waals surface area (Å²) in [6, 6.07) is 25.2. The Morgan fingerprint density at radius 1 is 0.968 bits per heavy atom. The topological polar surface area (TPSA) is 56.8 Å². The summed E-state index contributed by atoms with van der Waals surface area (Å²) in [5, 5.41) is 2.88. The van der Waals surface area contributed by atoms with E-state index in [0.717, 1.165) is 36.3 Å². The molecule has 0 saturated carbocycles. The average molecular weight is 418 g/mol. The second-order valence-corrected chi connectivity index (χ2v) is 7.61. The van der Waals surface area contributed by atoms with Gasteiger partial charge in [0.1, 0.15) is 18.1 Å². The van der Waals surface area contributed by atoms with Crippen molar-refractivity contribution >= 4 is 11.6 Å². The molecular weight excluding hydrogens is 390 g/mol. The van der Waals surface area contributed by atoms with Crippen LogP contribution in [-0.4, -0.2) is 31.3 Å². The summed E-state index contributed by atoms with van der Waals surface area (Å²) in [4.78, 5) is 12.5. The number of rotatable bonds is 8. The van der Waals surface area contributed by atoms with Crippen LogP contribution >= 0.6 is 0 Å². The van der Waals surface area contributed by atoms with E-state index in [-0.39, 0.29) is 12.0 Å². The highest BCUT2D eigenvalue weighted by atomic mass is 16.5. The van der Waals surface area contributed by atoms with Gasteiger partial charge in [-0.15, -0.1) is 0 Å². The van der Waals surface area contributed by atoms with Crippen LogP contribution in [0.5, 0.6) is 11.5 Å². The number of hydrogen-bond acceptors (Lipinski definition) is 4. The van der Waals surface area contributed by atoms with Crippen LogP contribution in [0.3, 0.4) is 0 Å². The number of carbonyl (C=O) groups excluding carboxylic acids is 1. The molecule has 0 bridgehead atoms. The van der Waals surface area contributed by atoms with Gasteiger partial charge in [0.05, 0.1) is 6.10 Å². The maximum atomic E-state index is 12.5. The minimum atomic E-state index is -0.627. The van der Waals surface area contributed by atoms with Crippen molar-refractivity contribution < 1.29 is 19.0 Å². The molecular formula is C26H27NO4. The fraction of sp³-hybridized carbons (Fsp3) is 0.269. The summed E-state index contributed by atoms with van der Waals surface area (Å²) in [5.41, 5.74) is 2.94. The van der Waals surface area contributed by atoms with Crippen LogP contribution in [0, 0.1) is 0 Å². The molecule has 4 rings (SSSR count). The monoisotopic (exact) mass is 417 g/mol. The summed E-state index contributed by atoms with van der Waals surface area (Å²) < 4.78 is 17.1. The van der Waals surface area contributed by atoms with Gasteiger partial charge in [0, 0.05) is 12.3 Å². The van der Waals surface area contributed by atoms with Gasteiger partial charge in [0.15, 0.2) is 6.10 Å². The third-order valence-corrected chi connectivity index (χ3v) is 5.23. The standard InChI is InChI=1S/C26H27NO4/c1-19(31-24-13-9-21(10-14-24)20-6-3-2-4-7-20)26(28)27-22-11-15-23(16-12-22)30-18-25-8-5-17-29-25/h2-4,6-7,9-16,19,25H,5,8,17-18H2,1H3,(H,27,28). The summed E-state index contributed by atoms with van der Waals surface area (Å²) in [5.74, 6) is 1.21. The molecule has 0 spiro atoms. The van der Waals surface area contributed by atoms with Gasteiger partial charge < -0.3 is 19.5 Å². The van der Waals surface area contributed by atoms with Crippen molar-refractivity contribution in [1.29, 1.82) is 0 Å². The maximum Gasteiger partial charge on any atom is 0.265 e. The molecule has 160 valence electrons. The molecule has 1 aliphatic rings. The maximum absolute atomic E-state index is 12.5. The summed E-state index contributed by atoms with van der Waals surface area (Å²) in [7, 11) is 0. The van der Waals surface area contributed by atoms with Gasteiger partial charge in [0.2, 0.25) is 0 Å². The predicted octanol–water partition coefficient (Wildman–Crippen LogP) is 5.32. The molecule has 1 amide bonds. The highest BCUT2D eigenvalue weighted by Crippen LogP contribution is 2.23. The largest absolute Gasteiger partial charge is 0.491 e. The van der Waals surface area contributed by atoms with Gasteiger partial charge in [-0.1, -0.05) is 42.5 Å². The number of ether oxygens (including phenoxy) is 3. The van der Waals surface area contributed by atoms with Crippen molar-refractivity contribution in [1.82, 2.24) is 0 Å². The van der Waals surface area contributed by atoms with Crippen LogP contribution in [0.2, 0.25) is 0 Å². The molecule has 2 unspecified atom stereocenters. The molecule has 1 heterocycles. The fourth-order valence-corrected chi connectivity index (χ4v) is 3.46. The van der Waals surface area contributed by atoms with Gasteiger partial charge >= 0.3 is 0 Å². The number of hydrogen-bond donors (Lipinski definition) is 1. The number of benzene rings is 3. The van der Waals surface area contributed by atoms with Crippen molar-refractivity contribution in [2.45, 2.75) is 32.0 Å². The molecule has 31 heavy (non-hydrogen) atoms. The van der Waals surface area contributed by atoms with E-state index in [2.05, 4.69) is 17.4 Å². The molecule has 3 aromatic rings. The molecule has 1 fully saturated rings. The van der Waals surface area contributed by atoms with E-state index in [4.69, 9.17) is 14.2 Å². The smallest absolute Gasteiger partial charge is 0.265 e. The quantitative estimate of drug-likeness (QED) is 0.539. The van der Waals surface area contributed by atoms with Gasteiger partial charge in [-0.25, -0.2) is 0 Å². The van der Waals surface area contributed by atoms with E-state index in [9.17, 15) is 4.79 Å². The van der Waals surface area contributed by atoms with Crippen molar-refractivity contribution in [3.05, 3.63) is 78.9 Å². The first kappa shape index (κ1) is 20.9. The van der Waals surface area contributed by atoms with Gasteiger partial charge in [-0.05, 0) is 67.3 Å². The Balaban J connectivity index is 1.27. The Bertz CT molecular complexity index is 965. The lowest BCUT2D eigenvalue weighted by Gasteiger charge is -2.16. The van der Waals surface area contributed by atoms with Crippen LogP contribution in [0.25, 0.3) is 11.1 Å². The van der Waals surface area contributed by atoms with Crippen molar-refractivity contribution in [3.63, 3.8) is 0 Å². The lowest BCUT2D eigenvalue weighted by atomic mass is 10.1. The molecule has 1 N–H and O–H groups in total. The van der Waals surface area contributed by atoms with Crippen LogP contribution in [0.15, 0.2) is 78.9 Å². The van der Waals surface area contributed by atoms with Gasteiger partial charge in [0.25, 0.3) is 5.91 Å². The normalized spacial score (nSPS) is 16.5. The minimum absolute atomic E-state index is 0.180. The zero-order valence-corrected chi connectivity index (χ0v) is 17.6. The van der Waals surface area contributed by atoms with E-state index in [1.54, 1.807) is 6.92 Å². The first-order valence-electron chi connectivity index (χ1n) is 10.6. The number of nitrogens with one attached hydrogen (secondary N) is 1. The molecule has 1 saturated heterocycles. The predicted molar refractivity (Wildman–Crippen MR) is 122 cm³/mol. The molecule has 0 aromatic heterocycles. The Kier molecular flexibility index (Phi) is 6.85.